The number of carbonyl (C=O) groups is 1. The highest BCUT2D eigenvalue weighted by Crippen LogP contribution is 2.28. The molecule has 1 amide bonds. The summed E-state index contributed by atoms with van der Waals surface area (Å²) in [6, 6.07) is 1.99. The van der Waals surface area contributed by atoms with Crippen LogP contribution >= 0.6 is 0 Å². The number of H-pyrrole nitrogens is 1. The Balaban J connectivity index is 1.68. The monoisotopic (exact) mass is 455 g/mol. The van der Waals surface area contributed by atoms with Gasteiger partial charge in [0.25, 0.3) is 17.2 Å². The summed E-state index contributed by atoms with van der Waals surface area (Å²) in [7, 11) is 1.49. The van der Waals surface area contributed by atoms with Gasteiger partial charge in [-0.3, -0.25) is 9.59 Å². The second-order valence-corrected chi connectivity index (χ2v) is 8.02. The van der Waals surface area contributed by atoms with Crippen LogP contribution in [0.3, 0.4) is 0 Å². The molecule has 176 valence electrons. The smallest absolute Gasteiger partial charge is 0.270 e. The van der Waals surface area contributed by atoms with E-state index in [0.717, 1.165) is 25.2 Å². The molecule has 0 unspecified atom stereocenters. The number of hydrogen-bond donors (Lipinski definition) is 2. The summed E-state index contributed by atoms with van der Waals surface area (Å²) in [5.41, 5.74) is 1.67. The first kappa shape index (κ1) is 22.7. The van der Waals surface area contributed by atoms with E-state index in [1.165, 1.54) is 13.4 Å². The van der Waals surface area contributed by atoms with Gasteiger partial charge in [-0.15, -0.1) is 0 Å². The van der Waals surface area contributed by atoms with Crippen molar-refractivity contribution in [1.29, 1.82) is 0 Å². The number of ether oxygens (including phenoxy) is 2. The van der Waals surface area contributed by atoms with E-state index in [1.807, 2.05) is 6.92 Å². The summed E-state index contributed by atoms with van der Waals surface area (Å²) in [5.74, 6) is 1.16. The lowest BCUT2D eigenvalue weighted by molar-refractivity contribution is 0.0843. The van der Waals surface area contributed by atoms with Crippen molar-refractivity contribution in [2.24, 2.45) is 0 Å². The summed E-state index contributed by atoms with van der Waals surface area (Å²) in [6.07, 6.45) is 3.22. The number of fused-ring (bicyclic) bond motifs is 1. The summed E-state index contributed by atoms with van der Waals surface area (Å²) >= 11 is 0. The molecule has 0 bridgehead atoms. The molecule has 33 heavy (non-hydrogen) atoms. The Labute approximate surface area is 191 Å². The number of nitrogens with zero attached hydrogens (tertiary/aromatic N) is 5. The van der Waals surface area contributed by atoms with Crippen LogP contribution in [0.25, 0.3) is 5.78 Å². The van der Waals surface area contributed by atoms with Crippen LogP contribution in [0.1, 0.15) is 47.1 Å². The summed E-state index contributed by atoms with van der Waals surface area (Å²) in [5, 5.41) is 7.17. The number of nitrogens with one attached hydrogen (secondary N) is 2. The summed E-state index contributed by atoms with van der Waals surface area (Å²) in [4.78, 5) is 39.3. The predicted molar refractivity (Wildman–Crippen MR) is 122 cm³/mol. The van der Waals surface area contributed by atoms with Gasteiger partial charge in [0.1, 0.15) is 23.6 Å². The number of aromatic nitrogens is 5. The van der Waals surface area contributed by atoms with E-state index in [2.05, 4.69) is 37.2 Å². The number of rotatable bonds is 7. The van der Waals surface area contributed by atoms with Crippen molar-refractivity contribution >= 4 is 17.5 Å². The minimum atomic E-state index is -0.399. The SMILES string of the molecule is CCN(c1c(C)c(C(=O)NCc2c(OC)cc(C)[nH]c2=O)nc2ncnn12)C1CCOCC1. The largest absolute Gasteiger partial charge is 0.496 e. The van der Waals surface area contributed by atoms with Crippen molar-refractivity contribution in [3.63, 3.8) is 0 Å². The number of carbonyl (C=O) groups excluding carboxylic acids is 1. The number of amides is 1. The van der Waals surface area contributed by atoms with Gasteiger partial charge in [-0.05, 0) is 39.7 Å². The Hall–Kier alpha value is -3.47. The number of methoxy groups -OCH3 is 1. The van der Waals surface area contributed by atoms with Crippen LogP contribution in [-0.4, -0.2) is 63.4 Å². The molecule has 1 aliphatic heterocycles. The lowest BCUT2D eigenvalue weighted by atomic mass is 10.1. The molecule has 1 aliphatic rings. The topological polar surface area (TPSA) is 127 Å². The lowest BCUT2D eigenvalue weighted by Crippen LogP contribution is -2.41. The van der Waals surface area contributed by atoms with Gasteiger partial charge in [-0.1, -0.05) is 0 Å². The lowest BCUT2D eigenvalue weighted by Gasteiger charge is -2.36. The van der Waals surface area contributed by atoms with Crippen LogP contribution in [0.5, 0.6) is 5.75 Å². The van der Waals surface area contributed by atoms with Gasteiger partial charge in [-0.25, -0.2) is 4.98 Å². The van der Waals surface area contributed by atoms with E-state index in [4.69, 9.17) is 9.47 Å². The predicted octanol–water partition coefficient (Wildman–Crippen LogP) is 1.37. The Bertz CT molecular complexity index is 1210. The van der Waals surface area contributed by atoms with Gasteiger partial charge in [0.15, 0.2) is 0 Å². The normalized spacial score (nSPS) is 14.4. The molecule has 4 heterocycles. The fourth-order valence-electron chi connectivity index (χ4n) is 4.33. The molecule has 0 saturated carbocycles. The highest BCUT2D eigenvalue weighted by Gasteiger charge is 2.28. The molecule has 0 aromatic carbocycles. The Morgan fingerprint density at radius 3 is 2.82 bits per heavy atom. The van der Waals surface area contributed by atoms with Crippen LogP contribution < -0.4 is 20.5 Å². The molecule has 0 spiro atoms. The first-order chi connectivity index (χ1) is 15.9. The molecule has 4 rings (SSSR count). The average Bonchev–Trinajstić information content (AvgIpc) is 3.28. The first-order valence-corrected chi connectivity index (χ1v) is 11.0. The van der Waals surface area contributed by atoms with E-state index in [-0.39, 0.29) is 23.8 Å². The van der Waals surface area contributed by atoms with Gasteiger partial charge in [-0.2, -0.15) is 14.6 Å². The fraction of sp³-hybridized carbons (Fsp3) is 0.500. The minimum absolute atomic E-state index is 0.00337. The minimum Gasteiger partial charge on any atom is -0.496 e. The van der Waals surface area contributed by atoms with Crippen molar-refractivity contribution in [3.05, 3.63) is 45.3 Å². The Kier molecular flexibility index (Phi) is 6.59. The maximum atomic E-state index is 13.2. The zero-order chi connectivity index (χ0) is 23.5. The van der Waals surface area contributed by atoms with Gasteiger partial charge >= 0.3 is 0 Å². The van der Waals surface area contributed by atoms with Crippen molar-refractivity contribution in [1.82, 2.24) is 29.9 Å². The van der Waals surface area contributed by atoms with Crippen molar-refractivity contribution in [2.75, 3.05) is 31.8 Å². The molecular formula is C22H29N7O4. The van der Waals surface area contributed by atoms with Crippen LogP contribution in [-0.2, 0) is 11.3 Å². The summed E-state index contributed by atoms with van der Waals surface area (Å²) in [6.45, 7) is 7.85. The van der Waals surface area contributed by atoms with Crippen molar-refractivity contribution in [2.45, 2.75) is 46.2 Å². The van der Waals surface area contributed by atoms with Crippen molar-refractivity contribution < 1.29 is 14.3 Å². The van der Waals surface area contributed by atoms with E-state index >= 15 is 0 Å². The van der Waals surface area contributed by atoms with Gasteiger partial charge in [0.05, 0.1) is 19.2 Å². The van der Waals surface area contributed by atoms with Gasteiger partial charge in [0.2, 0.25) is 0 Å². The second kappa shape index (κ2) is 9.57. The molecular weight excluding hydrogens is 426 g/mol. The van der Waals surface area contributed by atoms with Crippen molar-refractivity contribution in [3.8, 4) is 5.75 Å². The third kappa shape index (κ3) is 4.40. The molecule has 3 aromatic rings. The molecule has 11 nitrogen and oxygen atoms in total. The average molecular weight is 456 g/mol. The van der Waals surface area contributed by atoms with Crippen LogP contribution in [0.15, 0.2) is 17.2 Å². The zero-order valence-electron chi connectivity index (χ0n) is 19.3. The number of anilines is 1. The molecule has 0 atom stereocenters. The highest BCUT2D eigenvalue weighted by atomic mass is 16.5. The number of hydrogen-bond acceptors (Lipinski definition) is 8. The third-order valence-electron chi connectivity index (χ3n) is 5.97. The van der Waals surface area contributed by atoms with E-state index in [9.17, 15) is 9.59 Å². The number of aryl methyl sites for hydroxylation is 1. The number of aromatic amines is 1. The highest BCUT2D eigenvalue weighted by molar-refractivity contribution is 5.95. The Morgan fingerprint density at radius 2 is 2.12 bits per heavy atom. The molecule has 0 aliphatic carbocycles. The van der Waals surface area contributed by atoms with Gasteiger partial charge in [0, 0.05) is 37.1 Å². The van der Waals surface area contributed by atoms with Crippen LogP contribution in [0.4, 0.5) is 5.82 Å². The van der Waals surface area contributed by atoms with Crippen LogP contribution in [0.2, 0.25) is 0 Å². The van der Waals surface area contributed by atoms with E-state index in [1.54, 1.807) is 17.5 Å². The summed E-state index contributed by atoms with van der Waals surface area (Å²) < 4.78 is 12.5. The Morgan fingerprint density at radius 1 is 1.36 bits per heavy atom. The van der Waals surface area contributed by atoms with E-state index < -0.39 is 5.91 Å². The maximum absolute atomic E-state index is 13.2. The molecule has 0 radical (unpaired) electrons. The molecule has 3 aromatic heterocycles. The molecule has 2 N–H and O–H groups in total. The van der Waals surface area contributed by atoms with E-state index in [0.29, 0.717) is 41.6 Å². The number of pyridine rings is 1. The first-order valence-electron chi connectivity index (χ1n) is 11.0. The molecule has 1 saturated heterocycles. The fourth-order valence-corrected chi connectivity index (χ4v) is 4.33. The standard InChI is InChI=1S/C22H29N7O4/c1-5-28(15-6-8-33-9-7-15)21-14(3)18(27-22-24-12-25-29(21)22)20(31)23-11-16-17(32-4)10-13(2)26-19(16)30/h10,12,15H,5-9,11H2,1-4H3,(H,23,31)(H,26,30). The zero-order valence-corrected chi connectivity index (χ0v) is 19.3. The second-order valence-electron chi connectivity index (χ2n) is 8.02. The maximum Gasteiger partial charge on any atom is 0.270 e. The molecule has 11 heteroatoms. The third-order valence-corrected chi connectivity index (χ3v) is 5.97. The quantitative estimate of drug-likeness (QED) is 0.547. The molecule has 1 fully saturated rings. The van der Waals surface area contributed by atoms with Crippen LogP contribution in [0, 0.1) is 13.8 Å². The van der Waals surface area contributed by atoms with Gasteiger partial charge < -0.3 is 24.7 Å².